The summed E-state index contributed by atoms with van der Waals surface area (Å²) < 4.78 is 34.0. The average molecular weight is 337 g/mol. The Balaban J connectivity index is 1.38. The van der Waals surface area contributed by atoms with Crippen molar-refractivity contribution >= 4 is 11.7 Å². The summed E-state index contributed by atoms with van der Waals surface area (Å²) in [5, 5.41) is 3.07. The molecule has 1 N–H and O–H groups in total. The second kappa shape index (κ2) is 5.65. The van der Waals surface area contributed by atoms with Crippen molar-refractivity contribution in [2.45, 2.75) is 49.4 Å². The van der Waals surface area contributed by atoms with Gasteiger partial charge in [0.1, 0.15) is 0 Å². The highest BCUT2D eigenvalue weighted by Gasteiger charge is 2.52. The molecule has 3 fully saturated rings. The molecule has 1 aromatic rings. The molecule has 1 aromatic heterocycles. The number of nitrogens with one attached hydrogen (secondary N) is 1. The minimum absolute atomic E-state index is 0.0625. The number of amides is 1. The largest absolute Gasteiger partial charge is 0.371 e. The lowest BCUT2D eigenvalue weighted by Crippen LogP contribution is -2.50. The molecule has 3 heterocycles. The molecule has 2 saturated heterocycles. The maximum atomic E-state index is 14.3. The lowest BCUT2D eigenvalue weighted by molar-refractivity contribution is -0.149. The maximum Gasteiger partial charge on any atom is 0.260 e. The van der Waals surface area contributed by atoms with Crippen LogP contribution in [0.2, 0.25) is 0 Å². The van der Waals surface area contributed by atoms with Crippen molar-refractivity contribution in [3.8, 4) is 0 Å². The zero-order valence-electron chi connectivity index (χ0n) is 13.4. The minimum Gasteiger partial charge on any atom is -0.371 e. The number of hydrogen-bond acceptors (Lipinski definition) is 4. The smallest absolute Gasteiger partial charge is 0.260 e. The number of ether oxygens (including phenoxy) is 1. The lowest BCUT2D eigenvalue weighted by atomic mass is 9.81. The molecule has 2 atom stereocenters. The van der Waals surface area contributed by atoms with E-state index in [1.54, 1.807) is 11.0 Å². The van der Waals surface area contributed by atoms with Gasteiger partial charge >= 0.3 is 0 Å². The fourth-order valence-electron chi connectivity index (χ4n) is 3.91. The van der Waals surface area contributed by atoms with Crippen molar-refractivity contribution < 1.29 is 18.3 Å². The Bertz CT molecular complexity index is 652. The Morgan fingerprint density at radius 3 is 2.96 bits per heavy atom. The first kappa shape index (κ1) is 15.7. The third-order valence-electron chi connectivity index (χ3n) is 5.44. The van der Waals surface area contributed by atoms with Gasteiger partial charge in [0.2, 0.25) is 0 Å². The van der Waals surface area contributed by atoms with E-state index >= 15 is 0 Å². The minimum atomic E-state index is -1.65. The number of anilines is 1. The van der Waals surface area contributed by atoms with Crippen LogP contribution in [0.5, 0.6) is 0 Å². The predicted octanol–water partition coefficient (Wildman–Crippen LogP) is 2.28. The van der Waals surface area contributed by atoms with Crippen molar-refractivity contribution in [1.29, 1.82) is 0 Å². The van der Waals surface area contributed by atoms with E-state index in [4.69, 9.17) is 4.74 Å². The molecule has 2 unspecified atom stereocenters. The van der Waals surface area contributed by atoms with E-state index in [1.807, 2.05) is 0 Å². The monoisotopic (exact) mass is 337 g/mol. The second-order valence-corrected chi connectivity index (χ2v) is 7.17. The molecule has 0 radical (unpaired) electrons. The topological polar surface area (TPSA) is 54.5 Å². The van der Waals surface area contributed by atoms with E-state index in [1.165, 1.54) is 12.3 Å². The zero-order valence-corrected chi connectivity index (χ0v) is 13.4. The lowest BCUT2D eigenvalue weighted by Gasteiger charge is -2.36. The number of aromatic nitrogens is 1. The molecule has 1 aliphatic carbocycles. The summed E-state index contributed by atoms with van der Waals surface area (Å²) in [5.74, 6) is -0.571. The first-order valence-electron chi connectivity index (χ1n) is 8.49. The van der Waals surface area contributed by atoms with Crippen molar-refractivity contribution in [3.63, 3.8) is 0 Å². The third kappa shape index (κ3) is 2.64. The third-order valence-corrected chi connectivity index (χ3v) is 5.44. The van der Waals surface area contributed by atoms with Gasteiger partial charge in [0.05, 0.1) is 18.2 Å². The van der Waals surface area contributed by atoms with Gasteiger partial charge in [-0.2, -0.15) is 0 Å². The molecule has 0 bridgehead atoms. The molecule has 0 aromatic carbocycles. The fourth-order valence-corrected chi connectivity index (χ4v) is 3.91. The van der Waals surface area contributed by atoms with Crippen LogP contribution in [0.25, 0.3) is 0 Å². The van der Waals surface area contributed by atoms with Gasteiger partial charge in [0.25, 0.3) is 5.91 Å². The Morgan fingerprint density at radius 2 is 2.25 bits per heavy atom. The number of nitrogens with zero attached hydrogens (tertiary/aromatic N) is 2. The van der Waals surface area contributed by atoms with Crippen molar-refractivity contribution in [2.75, 3.05) is 25.0 Å². The first-order valence-corrected chi connectivity index (χ1v) is 8.49. The van der Waals surface area contributed by atoms with E-state index < -0.39 is 17.1 Å². The Labute approximate surface area is 139 Å². The number of carbonyl (C=O) groups is 1. The molecule has 130 valence electrons. The maximum absolute atomic E-state index is 14.3. The molecule has 5 nitrogen and oxygen atoms in total. The molecule has 7 heteroatoms. The van der Waals surface area contributed by atoms with Gasteiger partial charge in [-0.3, -0.25) is 4.79 Å². The predicted molar refractivity (Wildman–Crippen MR) is 83.8 cm³/mol. The molecular weight excluding hydrogens is 316 g/mol. The summed E-state index contributed by atoms with van der Waals surface area (Å²) in [6, 6.07) is 2.84. The van der Waals surface area contributed by atoms with Crippen molar-refractivity contribution in [1.82, 2.24) is 9.88 Å². The van der Waals surface area contributed by atoms with E-state index in [2.05, 4.69) is 10.3 Å². The summed E-state index contributed by atoms with van der Waals surface area (Å²) in [4.78, 5) is 17.9. The van der Waals surface area contributed by atoms with E-state index in [9.17, 15) is 13.6 Å². The summed E-state index contributed by atoms with van der Waals surface area (Å²) in [5.41, 5.74) is -2.10. The Hall–Kier alpha value is -1.76. The summed E-state index contributed by atoms with van der Waals surface area (Å²) >= 11 is 0. The highest BCUT2D eigenvalue weighted by atomic mass is 19.1. The fraction of sp³-hybridized carbons (Fsp3) is 0.647. The SMILES string of the molecule is O=C(N1CCC2(CC(Nc3ncccc3F)CO2)C1)C1(F)CCC1. The van der Waals surface area contributed by atoms with Crippen LogP contribution in [-0.4, -0.2) is 52.8 Å². The zero-order chi connectivity index (χ0) is 16.8. The normalized spacial score (nSPS) is 31.2. The number of carbonyl (C=O) groups excluding carboxylic acids is 1. The van der Waals surface area contributed by atoms with Crippen molar-refractivity contribution in [3.05, 3.63) is 24.1 Å². The molecule has 1 saturated carbocycles. The molecule has 2 aliphatic heterocycles. The van der Waals surface area contributed by atoms with Crippen LogP contribution in [0.1, 0.15) is 32.1 Å². The molecule has 4 rings (SSSR count). The van der Waals surface area contributed by atoms with Crippen LogP contribution in [0.15, 0.2) is 18.3 Å². The van der Waals surface area contributed by atoms with Crippen LogP contribution >= 0.6 is 0 Å². The van der Waals surface area contributed by atoms with Gasteiger partial charge in [-0.15, -0.1) is 0 Å². The summed E-state index contributed by atoms with van der Waals surface area (Å²) in [7, 11) is 0. The van der Waals surface area contributed by atoms with Crippen LogP contribution in [0.4, 0.5) is 14.6 Å². The van der Waals surface area contributed by atoms with E-state index in [0.29, 0.717) is 45.4 Å². The Morgan fingerprint density at radius 1 is 1.42 bits per heavy atom. The first-order chi connectivity index (χ1) is 11.5. The summed E-state index contributed by atoms with van der Waals surface area (Å²) in [6.07, 6.45) is 4.33. The highest BCUT2D eigenvalue weighted by molar-refractivity contribution is 5.86. The highest BCUT2D eigenvalue weighted by Crippen LogP contribution is 2.41. The number of pyridine rings is 1. The van der Waals surface area contributed by atoms with Gasteiger partial charge in [-0.1, -0.05) is 0 Å². The number of likely N-dealkylation sites (tertiary alicyclic amines) is 1. The quantitative estimate of drug-likeness (QED) is 0.919. The molecule has 1 amide bonds. The van der Waals surface area contributed by atoms with Gasteiger partial charge in [0, 0.05) is 25.7 Å². The second-order valence-electron chi connectivity index (χ2n) is 7.17. The number of hydrogen-bond donors (Lipinski definition) is 1. The van der Waals surface area contributed by atoms with E-state index in [0.717, 1.165) is 6.42 Å². The summed E-state index contributed by atoms with van der Waals surface area (Å²) in [6.45, 7) is 1.37. The number of rotatable bonds is 3. The molecule has 1 spiro atoms. The molecule has 24 heavy (non-hydrogen) atoms. The van der Waals surface area contributed by atoms with Crippen LogP contribution < -0.4 is 5.32 Å². The van der Waals surface area contributed by atoms with Gasteiger partial charge < -0.3 is 15.0 Å². The van der Waals surface area contributed by atoms with E-state index in [-0.39, 0.29) is 17.8 Å². The van der Waals surface area contributed by atoms with Gasteiger partial charge in [-0.25, -0.2) is 13.8 Å². The molecule has 3 aliphatic rings. The number of alkyl halides is 1. The number of halogens is 2. The van der Waals surface area contributed by atoms with Gasteiger partial charge in [0.15, 0.2) is 17.3 Å². The van der Waals surface area contributed by atoms with Gasteiger partial charge in [-0.05, 0) is 37.8 Å². The van der Waals surface area contributed by atoms with Crippen LogP contribution in [0, 0.1) is 5.82 Å². The van der Waals surface area contributed by atoms with Crippen LogP contribution in [0.3, 0.4) is 0 Å². The van der Waals surface area contributed by atoms with Crippen molar-refractivity contribution in [2.24, 2.45) is 0 Å². The molecular formula is C17H21F2N3O2. The Kier molecular flexibility index (Phi) is 3.71. The standard InChI is InChI=1S/C17H21F2N3O2/c18-13-3-1-7-20-14(13)21-12-9-16(24-10-12)6-8-22(11-16)15(23)17(19)4-2-5-17/h1,3,7,12H,2,4-6,8-11H2,(H,20,21). The van der Waals surface area contributed by atoms with Crippen LogP contribution in [-0.2, 0) is 9.53 Å². The average Bonchev–Trinajstić information content (AvgIpc) is 3.14.